The second-order valence-corrected chi connectivity index (χ2v) is 6.18. The van der Waals surface area contributed by atoms with Crippen LogP contribution in [-0.2, 0) is 4.79 Å². The lowest BCUT2D eigenvalue weighted by Gasteiger charge is -2.35. The van der Waals surface area contributed by atoms with E-state index < -0.39 is 12.0 Å². The van der Waals surface area contributed by atoms with Gasteiger partial charge < -0.3 is 5.11 Å². The van der Waals surface area contributed by atoms with E-state index in [9.17, 15) is 9.90 Å². The standard InChI is InChI=1S/C17H25NO2/c1-13(2)12-18(15-10-6-7-11-15)16(17(19)20)14-8-4-3-5-9-14/h3-5,8-9,13,15-16H,6-7,10-12H2,1-2H3,(H,19,20). The van der Waals surface area contributed by atoms with Gasteiger partial charge in [-0.2, -0.15) is 0 Å². The zero-order valence-corrected chi connectivity index (χ0v) is 12.5. The van der Waals surface area contributed by atoms with E-state index in [1.165, 1.54) is 12.8 Å². The molecule has 0 saturated heterocycles. The van der Waals surface area contributed by atoms with Crippen LogP contribution in [0.15, 0.2) is 30.3 Å². The van der Waals surface area contributed by atoms with E-state index in [1.807, 2.05) is 30.3 Å². The lowest BCUT2D eigenvalue weighted by molar-refractivity contribution is -0.145. The second kappa shape index (κ2) is 6.89. The molecule has 3 heteroatoms. The first-order chi connectivity index (χ1) is 9.59. The van der Waals surface area contributed by atoms with Crippen LogP contribution < -0.4 is 0 Å². The maximum atomic E-state index is 11.8. The number of benzene rings is 1. The number of nitrogens with zero attached hydrogens (tertiary/aromatic N) is 1. The molecule has 110 valence electrons. The van der Waals surface area contributed by atoms with Crippen LogP contribution in [0.2, 0.25) is 0 Å². The molecule has 20 heavy (non-hydrogen) atoms. The molecule has 3 nitrogen and oxygen atoms in total. The Morgan fingerprint density at radius 2 is 1.85 bits per heavy atom. The summed E-state index contributed by atoms with van der Waals surface area (Å²) < 4.78 is 0. The monoisotopic (exact) mass is 275 g/mol. The van der Waals surface area contributed by atoms with Gasteiger partial charge in [-0.05, 0) is 24.3 Å². The van der Waals surface area contributed by atoms with Crippen molar-refractivity contribution >= 4 is 5.97 Å². The van der Waals surface area contributed by atoms with Gasteiger partial charge in [0.05, 0.1) is 0 Å². The molecule has 1 aliphatic carbocycles. The Bertz CT molecular complexity index is 424. The number of hydrogen-bond donors (Lipinski definition) is 1. The minimum atomic E-state index is -0.733. The van der Waals surface area contributed by atoms with Crippen molar-refractivity contribution in [2.45, 2.75) is 51.6 Å². The molecule has 1 aromatic rings. The lowest BCUT2D eigenvalue weighted by Crippen LogP contribution is -2.42. The van der Waals surface area contributed by atoms with Crippen LogP contribution in [0.1, 0.15) is 51.1 Å². The third kappa shape index (κ3) is 3.60. The van der Waals surface area contributed by atoms with E-state index in [0.29, 0.717) is 12.0 Å². The van der Waals surface area contributed by atoms with Crippen molar-refractivity contribution in [2.75, 3.05) is 6.54 Å². The molecule has 1 fully saturated rings. The summed E-state index contributed by atoms with van der Waals surface area (Å²) in [6.45, 7) is 5.16. The molecule has 2 rings (SSSR count). The van der Waals surface area contributed by atoms with Gasteiger partial charge >= 0.3 is 5.97 Å². The summed E-state index contributed by atoms with van der Waals surface area (Å²) in [6, 6.07) is 9.55. The van der Waals surface area contributed by atoms with Crippen molar-refractivity contribution < 1.29 is 9.90 Å². The maximum Gasteiger partial charge on any atom is 0.325 e. The van der Waals surface area contributed by atoms with E-state index >= 15 is 0 Å². The molecule has 1 unspecified atom stereocenters. The molecule has 0 heterocycles. The fraction of sp³-hybridized carbons (Fsp3) is 0.588. The van der Waals surface area contributed by atoms with Crippen LogP contribution in [0.5, 0.6) is 0 Å². The van der Waals surface area contributed by atoms with E-state index in [1.54, 1.807) is 0 Å². The van der Waals surface area contributed by atoms with Crippen molar-refractivity contribution in [3.05, 3.63) is 35.9 Å². The Balaban J connectivity index is 2.28. The molecular formula is C17H25NO2. The van der Waals surface area contributed by atoms with Crippen LogP contribution in [-0.4, -0.2) is 28.6 Å². The highest BCUT2D eigenvalue weighted by molar-refractivity contribution is 5.75. The van der Waals surface area contributed by atoms with Crippen molar-refractivity contribution in [3.63, 3.8) is 0 Å². The quantitative estimate of drug-likeness (QED) is 0.860. The summed E-state index contributed by atoms with van der Waals surface area (Å²) in [4.78, 5) is 14.1. The lowest BCUT2D eigenvalue weighted by atomic mass is 10.0. The third-order valence-electron chi connectivity index (χ3n) is 4.05. The molecule has 0 amide bonds. The zero-order chi connectivity index (χ0) is 14.5. The fourth-order valence-electron chi connectivity index (χ4n) is 3.23. The van der Waals surface area contributed by atoms with E-state index in [2.05, 4.69) is 18.7 Å². The van der Waals surface area contributed by atoms with Crippen LogP contribution >= 0.6 is 0 Å². The predicted molar refractivity (Wildman–Crippen MR) is 80.6 cm³/mol. The second-order valence-electron chi connectivity index (χ2n) is 6.18. The fourth-order valence-corrected chi connectivity index (χ4v) is 3.23. The highest BCUT2D eigenvalue weighted by atomic mass is 16.4. The normalized spacial score (nSPS) is 17.8. The Kier molecular flexibility index (Phi) is 5.18. The Hall–Kier alpha value is -1.35. The van der Waals surface area contributed by atoms with Crippen molar-refractivity contribution in [1.29, 1.82) is 0 Å². The molecule has 1 saturated carbocycles. The number of carboxylic acid groups (broad SMARTS) is 1. The summed E-state index contributed by atoms with van der Waals surface area (Å²) >= 11 is 0. The number of hydrogen-bond acceptors (Lipinski definition) is 2. The Labute approximate surface area is 121 Å². The molecule has 0 radical (unpaired) electrons. The first-order valence-electron chi connectivity index (χ1n) is 7.63. The largest absolute Gasteiger partial charge is 0.480 e. The number of aliphatic carboxylic acids is 1. The van der Waals surface area contributed by atoms with Gasteiger partial charge in [0.2, 0.25) is 0 Å². The number of rotatable bonds is 6. The SMILES string of the molecule is CC(C)CN(C1CCCC1)C(C(=O)O)c1ccccc1. The summed E-state index contributed by atoms with van der Waals surface area (Å²) in [5.74, 6) is -0.259. The van der Waals surface area contributed by atoms with Crippen LogP contribution in [0.3, 0.4) is 0 Å². The van der Waals surface area contributed by atoms with Gasteiger partial charge in [-0.25, -0.2) is 0 Å². The maximum absolute atomic E-state index is 11.8. The minimum Gasteiger partial charge on any atom is -0.480 e. The molecule has 1 aliphatic rings. The summed E-state index contributed by atoms with van der Waals surface area (Å²) in [6.07, 6.45) is 4.70. The molecule has 0 spiro atoms. The van der Waals surface area contributed by atoms with Crippen LogP contribution in [0.4, 0.5) is 0 Å². The molecule has 0 aliphatic heterocycles. The van der Waals surface area contributed by atoms with Gasteiger partial charge in [0.15, 0.2) is 0 Å². The third-order valence-corrected chi connectivity index (χ3v) is 4.05. The summed E-state index contributed by atoms with van der Waals surface area (Å²) in [5.41, 5.74) is 0.896. The molecule has 0 bridgehead atoms. The van der Waals surface area contributed by atoms with Gasteiger partial charge in [0.1, 0.15) is 6.04 Å². The molecule has 1 N–H and O–H groups in total. The first kappa shape index (κ1) is 15.0. The Morgan fingerprint density at radius 1 is 1.25 bits per heavy atom. The molecule has 1 aromatic carbocycles. The van der Waals surface area contributed by atoms with Gasteiger partial charge in [-0.15, -0.1) is 0 Å². The number of carbonyl (C=O) groups is 1. The van der Waals surface area contributed by atoms with Gasteiger partial charge in [0.25, 0.3) is 0 Å². The molecule has 1 atom stereocenters. The van der Waals surface area contributed by atoms with Crippen molar-refractivity contribution in [1.82, 2.24) is 4.90 Å². The summed E-state index contributed by atoms with van der Waals surface area (Å²) in [5, 5.41) is 9.73. The van der Waals surface area contributed by atoms with E-state index in [-0.39, 0.29) is 0 Å². The Morgan fingerprint density at radius 3 is 2.35 bits per heavy atom. The predicted octanol–water partition coefficient (Wildman–Crippen LogP) is 3.71. The van der Waals surface area contributed by atoms with E-state index in [4.69, 9.17) is 0 Å². The minimum absolute atomic E-state index is 0.415. The topological polar surface area (TPSA) is 40.5 Å². The van der Waals surface area contributed by atoms with Gasteiger partial charge in [-0.3, -0.25) is 9.69 Å². The molecular weight excluding hydrogens is 250 g/mol. The van der Waals surface area contributed by atoms with Crippen molar-refractivity contribution in [2.24, 2.45) is 5.92 Å². The van der Waals surface area contributed by atoms with Crippen LogP contribution in [0.25, 0.3) is 0 Å². The summed E-state index contributed by atoms with van der Waals surface area (Å²) in [7, 11) is 0. The van der Waals surface area contributed by atoms with E-state index in [0.717, 1.165) is 24.9 Å². The average Bonchev–Trinajstić information content (AvgIpc) is 2.92. The average molecular weight is 275 g/mol. The van der Waals surface area contributed by atoms with Crippen LogP contribution in [0, 0.1) is 5.92 Å². The number of carboxylic acids is 1. The highest BCUT2D eigenvalue weighted by Gasteiger charge is 2.34. The van der Waals surface area contributed by atoms with Gasteiger partial charge in [-0.1, -0.05) is 57.0 Å². The highest BCUT2D eigenvalue weighted by Crippen LogP contribution is 2.32. The van der Waals surface area contributed by atoms with Gasteiger partial charge in [0, 0.05) is 12.6 Å². The molecule has 0 aromatic heterocycles. The van der Waals surface area contributed by atoms with Crippen molar-refractivity contribution in [3.8, 4) is 0 Å². The smallest absolute Gasteiger partial charge is 0.325 e. The zero-order valence-electron chi connectivity index (χ0n) is 12.5. The first-order valence-corrected chi connectivity index (χ1v) is 7.63.